The van der Waals surface area contributed by atoms with Crippen LogP contribution in [-0.2, 0) is 11.3 Å². The Balaban J connectivity index is 1.79. The Labute approximate surface area is 167 Å². The highest BCUT2D eigenvalue weighted by Gasteiger charge is 2.10. The number of hydrogen-bond donors (Lipinski definition) is 3. The lowest BCUT2D eigenvalue weighted by Crippen LogP contribution is -2.39. The molecule has 1 unspecified atom stereocenters. The van der Waals surface area contributed by atoms with Gasteiger partial charge in [-0.1, -0.05) is 48.5 Å². The Morgan fingerprint density at radius 3 is 2.54 bits per heavy atom. The molecule has 152 valence electrons. The van der Waals surface area contributed by atoms with Gasteiger partial charge in [0.05, 0.1) is 33.5 Å². The zero-order valence-corrected chi connectivity index (χ0v) is 16.7. The van der Waals surface area contributed by atoms with Crippen molar-refractivity contribution in [2.45, 2.75) is 19.4 Å². The van der Waals surface area contributed by atoms with E-state index in [1.807, 2.05) is 61.5 Å². The molecule has 6 nitrogen and oxygen atoms in total. The second-order valence-corrected chi connectivity index (χ2v) is 6.30. The Hall–Kier alpha value is -2.57. The van der Waals surface area contributed by atoms with E-state index in [0.717, 1.165) is 29.4 Å². The summed E-state index contributed by atoms with van der Waals surface area (Å²) in [5.74, 6) is 1.54. The van der Waals surface area contributed by atoms with Crippen LogP contribution in [0.15, 0.2) is 59.6 Å². The number of aliphatic imine (C=N–C) groups is 1. The molecule has 0 aliphatic heterocycles. The van der Waals surface area contributed by atoms with Gasteiger partial charge in [0.25, 0.3) is 0 Å². The molecule has 0 radical (unpaired) electrons. The molecule has 0 fully saturated rings. The van der Waals surface area contributed by atoms with E-state index >= 15 is 0 Å². The van der Waals surface area contributed by atoms with Crippen LogP contribution in [0.3, 0.4) is 0 Å². The second kappa shape index (κ2) is 12.8. The Bertz CT molecular complexity index is 707. The van der Waals surface area contributed by atoms with E-state index in [2.05, 4.69) is 15.6 Å². The number of ether oxygens (including phenoxy) is 2. The summed E-state index contributed by atoms with van der Waals surface area (Å²) < 4.78 is 11.1. The number of aliphatic hydroxyl groups is 1. The summed E-state index contributed by atoms with van der Waals surface area (Å²) in [6, 6.07) is 17.8. The van der Waals surface area contributed by atoms with Crippen LogP contribution in [0.1, 0.15) is 24.0 Å². The maximum atomic E-state index is 9.68. The van der Waals surface area contributed by atoms with Gasteiger partial charge < -0.3 is 25.2 Å². The van der Waals surface area contributed by atoms with Gasteiger partial charge in [0, 0.05) is 24.6 Å². The summed E-state index contributed by atoms with van der Waals surface area (Å²) in [6.45, 7) is 5.05. The van der Waals surface area contributed by atoms with E-state index in [1.165, 1.54) is 0 Å². The van der Waals surface area contributed by atoms with Crippen LogP contribution in [0, 0.1) is 0 Å². The fraction of sp³-hybridized carbons (Fsp3) is 0.409. The third-order valence-corrected chi connectivity index (χ3v) is 4.29. The van der Waals surface area contributed by atoms with Crippen LogP contribution >= 0.6 is 0 Å². The predicted molar refractivity (Wildman–Crippen MR) is 113 cm³/mol. The number of rotatable bonds is 11. The van der Waals surface area contributed by atoms with E-state index in [1.54, 1.807) is 7.11 Å². The molecule has 3 N–H and O–H groups in total. The number of aliphatic hydroxyl groups excluding tert-OH is 1. The molecule has 28 heavy (non-hydrogen) atoms. The molecule has 0 aromatic heterocycles. The van der Waals surface area contributed by atoms with E-state index in [4.69, 9.17) is 9.47 Å². The summed E-state index contributed by atoms with van der Waals surface area (Å²) in [6.07, 6.45) is 0. The zero-order chi connectivity index (χ0) is 20.0. The number of guanidine groups is 1. The van der Waals surface area contributed by atoms with Gasteiger partial charge in [-0.25, -0.2) is 0 Å². The van der Waals surface area contributed by atoms with Gasteiger partial charge in [-0.3, -0.25) is 4.99 Å². The van der Waals surface area contributed by atoms with Crippen LogP contribution in [0.25, 0.3) is 0 Å². The summed E-state index contributed by atoms with van der Waals surface area (Å²) >= 11 is 0. The molecule has 0 saturated heterocycles. The van der Waals surface area contributed by atoms with Crippen molar-refractivity contribution in [2.24, 2.45) is 4.99 Å². The standard InChI is InChI=1S/C22H31N3O3/c1-3-23-22(25-15-20(16-26)18-9-5-4-6-10-18)24-13-14-28-17-19-11-7-8-12-21(19)27-2/h4-12,20,26H,3,13-17H2,1-2H3,(H2,23,24,25). The van der Waals surface area contributed by atoms with Crippen LogP contribution < -0.4 is 15.4 Å². The minimum absolute atomic E-state index is 0.0153. The van der Waals surface area contributed by atoms with Crippen molar-refractivity contribution in [2.75, 3.05) is 40.0 Å². The molecule has 0 amide bonds. The lowest BCUT2D eigenvalue weighted by Gasteiger charge is -2.15. The number of nitrogens with one attached hydrogen (secondary N) is 2. The van der Waals surface area contributed by atoms with E-state index in [9.17, 15) is 5.11 Å². The third kappa shape index (κ3) is 7.21. The third-order valence-electron chi connectivity index (χ3n) is 4.29. The molecule has 0 saturated carbocycles. The quantitative estimate of drug-likeness (QED) is 0.315. The molecule has 0 heterocycles. The van der Waals surface area contributed by atoms with E-state index < -0.39 is 0 Å². The average molecular weight is 386 g/mol. The molecular formula is C22H31N3O3. The minimum Gasteiger partial charge on any atom is -0.496 e. The Kier molecular flexibility index (Phi) is 9.89. The van der Waals surface area contributed by atoms with Gasteiger partial charge in [0.15, 0.2) is 5.96 Å². The maximum Gasteiger partial charge on any atom is 0.191 e. The molecule has 0 bridgehead atoms. The predicted octanol–water partition coefficient (Wildman–Crippen LogP) is 2.54. The molecular weight excluding hydrogens is 354 g/mol. The first-order valence-corrected chi connectivity index (χ1v) is 9.66. The van der Waals surface area contributed by atoms with Crippen LogP contribution in [0.4, 0.5) is 0 Å². The van der Waals surface area contributed by atoms with Gasteiger partial charge >= 0.3 is 0 Å². The van der Waals surface area contributed by atoms with Crippen molar-refractivity contribution in [3.63, 3.8) is 0 Å². The smallest absolute Gasteiger partial charge is 0.191 e. The van der Waals surface area contributed by atoms with Gasteiger partial charge in [-0.2, -0.15) is 0 Å². The second-order valence-electron chi connectivity index (χ2n) is 6.30. The summed E-state index contributed by atoms with van der Waals surface area (Å²) in [4.78, 5) is 4.60. The van der Waals surface area contributed by atoms with Crippen molar-refractivity contribution >= 4 is 5.96 Å². The van der Waals surface area contributed by atoms with Crippen molar-refractivity contribution in [1.82, 2.24) is 10.6 Å². The van der Waals surface area contributed by atoms with Crippen molar-refractivity contribution in [3.05, 3.63) is 65.7 Å². The first-order chi connectivity index (χ1) is 13.8. The Morgan fingerprint density at radius 2 is 1.82 bits per heavy atom. The highest BCUT2D eigenvalue weighted by Crippen LogP contribution is 2.18. The molecule has 0 spiro atoms. The lowest BCUT2D eigenvalue weighted by atomic mass is 10.0. The Morgan fingerprint density at radius 1 is 1.07 bits per heavy atom. The molecule has 2 rings (SSSR count). The largest absolute Gasteiger partial charge is 0.496 e. The number of methoxy groups -OCH3 is 1. The number of benzene rings is 2. The van der Waals surface area contributed by atoms with Gasteiger partial charge in [0.2, 0.25) is 0 Å². The zero-order valence-electron chi connectivity index (χ0n) is 16.7. The first-order valence-electron chi connectivity index (χ1n) is 9.66. The molecule has 0 aliphatic carbocycles. The van der Waals surface area contributed by atoms with Gasteiger partial charge in [-0.05, 0) is 18.6 Å². The summed E-state index contributed by atoms with van der Waals surface area (Å²) in [7, 11) is 1.66. The van der Waals surface area contributed by atoms with Crippen LogP contribution in [0.2, 0.25) is 0 Å². The molecule has 6 heteroatoms. The highest BCUT2D eigenvalue weighted by molar-refractivity contribution is 5.79. The van der Waals surface area contributed by atoms with Crippen molar-refractivity contribution < 1.29 is 14.6 Å². The van der Waals surface area contributed by atoms with E-state index in [-0.39, 0.29) is 12.5 Å². The minimum atomic E-state index is -0.0153. The van der Waals surface area contributed by atoms with Gasteiger partial charge in [-0.15, -0.1) is 0 Å². The summed E-state index contributed by atoms with van der Waals surface area (Å²) in [5.41, 5.74) is 2.11. The topological polar surface area (TPSA) is 75.1 Å². The SMILES string of the molecule is CCNC(=NCC(CO)c1ccccc1)NCCOCc1ccccc1OC. The maximum absolute atomic E-state index is 9.68. The van der Waals surface area contributed by atoms with Crippen LogP contribution in [0.5, 0.6) is 5.75 Å². The molecule has 2 aromatic carbocycles. The number of nitrogens with zero attached hydrogens (tertiary/aromatic N) is 1. The fourth-order valence-corrected chi connectivity index (χ4v) is 2.78. The van der Waals surface area contributed by atoms with Crippen molar-refractivity contribution in [1.29, 1.82) is 0 Å². The lowest BCUT2D eigenvalue weighted by molar-refractivity contribution is 0.123. The van der Waals surface area contributed by atoms with E-state index in [0.29, 0.717) is 26.3 Å². The van der Waals surface area contributed by atoms with Crippen molar-refractivity contribution in [3.8, 4) is 5.75 Å². The first kappa shape index (κ1) is 21.7. The average Bonchev–Trinajstić information content (AvgIpc) is 2.74. The van der Waals surface area contributed by atoms with Gasteiger partial charge in [0.1, 0.15) is 5.75 Å². The number of hydrogen-bond acceptors (Lipinski definition) is 4. The summed E-state index contributed by atoms with van der Waals surface area (Å²) in [5, 5.41) is 16.2. The fourth-order valence-electron chi connectivity index (χ4n) is 2.78. The highest BCUT2D eigenvalue weighted by atomic mass is 16.5. The monoisotopic (exact) mass is 385 g/mol. The molecule has 1 atom stereocenters. The van der Waals surface area contributed by atoms with Crippen LogP contribution in [-0.4, -0.2) is 51.0 Å². The molecule has 0 aliphatic rings. The molecule has 2 aromatic rings. The normalized spacial score (nSPS) is 12.5. The number of para-hydroxylation sites is 1.